The summed E-state index contributed by atoms with van der Waals surface area (Å²) in [6.45, 7) is 13.4. The first kappa shape index (κ1) is 76.0. The van der Waals surface area contributed by atoms with Crippen LogP contribution in [0.3, 0.4) is 0 Å². The lowest BCUT2D eigenvalue weighted by Gasteiger charge is -2.41. The Hall–Kier alpha value is -5.73. The molecule has 3 aliphatic heterocycles. The summed E-state index contributed by atoms with van der Waals surface area (Å²) in [7, 11) is 4.00. The van der Waals surface area contributed by atoms with Crippen molar-refractivity contribution in [1.29, 1.82) is 0 Å². The number of ether oxygens (including phenoxy) is 5. The van der Waals surface area contributed by atoms with E-state index in [0.717, 1.165) is 35.2 Å². The van der Waals surface area contributed by atoms with Crippen LogP contribution in [0.2, 0.25) is 5.02 Å². The fourth-order valence-corrected chi connectivity index (χ4v) is 13.3. The fourth-order valence-electron chi connectivity index (χ4n) is 11.5. The lowest BCUT2D eigenvalue weighted by atomic mass is 9.78. The van der Waals surface area contributed by atoms with Crippen molar-refractivity contribution in [3.63, 3.8) is 0 Å². The quantitative estimate of drug-likeness (QED) is 0.0224. The number of hydrogen-bond donors (Lipinski definition) is 4. The number of likely N-dealkylation sites (N-methyl/N-ethyl adjacent to an activating group) is 1. The molecule has 91 heavy (non-hydrogen) atoms. The summed E-state index contributed by atoms with van der Waals surface area (Å²) in [5.41, 5.74) is 2.24. The zero-order chi connectivity index (χ0) is 68.0. The number of amides is 5. The number of urea groups is 1. The third kappa shape index (κ3) is 20.6. The third-order valence-electron chi connectivity index (χ3n) is 17.3. The van der Waals surface area contributed by atoms with E-state index in [2.05, 4.69) is 42.5 Å². The molecule has 0 saturated carbocycles. The van der Waals surface area contributed by atoms with Gasteiger partial charge in [-0.2, -0.15) is 13.2 Å². The van der Waals surface area contributed by atoms with Crippen LogP contribution >= 0.6 is 43.5 Å². The topological polar surface area (TPSA) is 280 Å². The number of hydrogen-bond acceptors (Lipinski definition) is 15. The number of carbonyl (C=O) groups excluding carboxylic acids is 9. The average molecular weight is 1430 g/mol. The molecule has 1 unspecified atom stereocenters. The first-order valence-corrected chi connectivity index (χ1v) is 33.1. The van der Waals surface area contributed by atoms with E-state index in [9.17, 15) is 48.3 Å². The number of Topliss-reactive ketones (excluding diaryl/α,β-unsaturated/α-hetero) is 2. The van der Waals surface area contributed by atoms with Gasteiger partial charge in [0.05, 0.1) is 58.8 Å². The highest BCUT2D eigenvalue weighted by atomic mass is 79.9. The number of carbonyl (C=O) groups is 9. The van der Waals surface area contributed by atoms with E-state index in [1.165, 1.54) is 26.0 Å². The predicted octanol–water partition coefficient (Wildman–Crippen LogP) is 9.57. The van der Waals surface area contributed by atoms with E-state index >= 15 is 13.2 Å². The number of unbranched alkanes of at least 4 members (excludes halogenated alkanes) is 1. The summed E-state index contributed by atoms with van der Waals surface area (Å²) in [4.78, 5) is 124. The molecule has 3 aliphatic rings. The Bertz CT molecular complexity index is 3060. The van der Waals surface area contributed by atoms with E-state index in [1.807, 2.05) is 19.1 Å². The van der Waals surface area contributed by atoms with Crippen LogP contribution in [0, 0.1) is 30.6 Å². The normalized spacial score (nSPS) is 24.3. The fraction of sp³-hybridized carbons (Fsp3) is 0.615. The number of aryl methyl sites for hydroxylation is 1. The van der Waals surface area contributed by atoms with Gasteiger partial charge in [-0.1, -0.05) is 100 Å². The Morgan fingerprint density at radius 1 is 0.989 bits per heavy atom. The lowest BCUT2D eigenvalue weighted by Crippen LogP contribution is -2.53. The molecule has 0 aromatic heterocycles. The van der Waals surface area contributed by atoms with E-state index < -0.39 is 131 Å². The highest BCUT2D eigenvalue weighted by Crippen LogP contribution is 2.50. The summed E-state index contributed by atoms with van der Waals surface area (Å²) in [6, 6.07) is 2.54. The smallest absolute Gasteiger partial charge is 0.417 e. The first-order chi connectivity index (χ1) is 42.6. The number of nitrogens with one attached hydrogen (secondary N) is 2. The summed E-state index contributed by atoms with van der Waals surface area (Å²) in [5.74, 6) is -7.90. The molecule has 4 bridgehead atoms. The van der Waals surface area contributed by atoms with Crippen molar-refractivity contribution in [3.05, 3.63) is 87.0 Å². The molecule has 0 radical (unpaired) electrons. The van der Waals surface area contributed by atoms with Gasteiger partial charge in [0.2, 0.25) is 11.8 Å². The largest absolute Gasteiger partial charge is 0.462 e. The lowest BCUT2D eigenvalue weighted by molar-refractivity contribution is -0.187. The minimum atomic E-state index is -5.19. The van der Waals surface area contributed by atoms with E-state index in [-0.39, 0.29) is 85.3 Å². The van der Waals surface area contributed by atoms with Crippen LogP contribution in [0.4, 0.5) is 23.7 Å². The van der Waals surface area contributed by atoms with Gasteiger partial charge in [-0.25, -0.2) is 9.59 Å². The molecule has 26 heteroatoms. The standard InChI is InChI=1S/C65H87Br2ClF3N5O15/c1-35(2)46(29-44(77)18-13-12-17-38(5)88-61(84)43(33-66)34-67)58(81)74-48(19-15-23-73-62(72)85)50(78)28-41-21-22-45(47(26-41)65(69,70)71)59(82)75(9)40(7)60(83)90-53-30-54(79)76(10)49-27-42(25-37(4)56(49)68)24-36(3)16-14-20-52(87-11)64(86)31-51(89-55(80)32-64)39(6)57-63(53,8)91-57/h14,16,20-22,25-27,35,38-40,43,46,48,51-53,57,86H,12-13,15,17-19,23-24,28-34H2,1-11H3,(H,74,81)(H3,72,73,85)/b20-14+,36-16+/t38?,39-,40+,46+,48+,51+,52-,53+,57+,63+,64-/m1/s1. The predicted molar refractivity (Wildman–Crippen MR) is 342 cm³/mol. The number of ketones is 2. The Labute approximate surface area is 552 Å². The number of halogens is 6. The molecule has 0 aliphatic carbocycles. The van der Waals surface area contributed by atoms with Gasteiger partial charge in [-0.15, -0.1) is 0 Å². The van der Waals surface area contributed by atoms with Gasteiger partial charge in [0.1, 0.15) is 41.3 Å². The highest BCUT2D eigenvalue weighted by Gasteiger charge is 2.64. The molecule has 2 saturated heterocycles. The van der Waals surface area contributed by atoms with Crippen molar-refractivity contribution in [2.75, 3.05) is 43.3 Å². The van der Waals surface area contributed by atoms with Crippen LogP contribution in [0.25, 0.3) is 0 Å². The van der Waals surface area contributed by atoms with Crippen LogP contribution in [0.1, 0.15) is 145 Å². The molecule has 504 valence electrons. The number of esters is 3. The zero-order valence-electron chi connectivity index (χ0n) is 53.5. The summed E-state index contributed by atoms with van der Waals surface area (Å²) in [6.07, 6.45) is -4.23. The number of primary amides is 1. The second-order valence-electron chi connectivity index (χ2n) is 24.9. The van der Waals surface area contributed by atoms with Crippen molar-refractivity contribution >= 4 is 102 Å². The molecule has 2 aromatic rings. The molecule has 2 fully saturated rings. The second-order valence-corrected chi connectivity index (χ2v) is 26.5. The van der Waals surface area contributed by atoms with Crippen LogP contribution in [-0.4, -0.2) is 155 Å². The van der Waals surface area contributed by atoms with Crippen LogP contribution in [-0.2, 0) is 76.3 Å². The second kappa shape index (κ2) is 33.4. The summed E-state index contributed by atoms with van der Waals surface area (Å²) in [5, 5.41) is 18.3. The van der Waals surface area contributed by atoms with Crippen molar-refractivity contribution in [2.24, 2.45) is 29.4 Å². The monoisotopic (exact) mass is 1430 g/mol. The highest BCUT2D eigenvalue weighted by molar-refractivity contribution is 9.09. The van der Waals surface area contributed by atoms with Gasteiger partial charge in [0.25, 0.3) is 5.91 Å². The zero-order valence-corrected chi connectivity index (χ0v) is 57.4. The number of epoxide rings is 1. The third-order valence-corrected chi connectivity index (χ3v) is 19.4. The Balaban J connectivity index is 1.36. The Morgan fingerprint density at radius 3 is 2.30 bits per heavy atom. The molecule has 20 nitrogen and oxygen atoms in total. The van der Waals surface area contributed by atoms with E-state index in [4.69, 9.17) is 41.0 Å². The maximum absolute atomic E-state index is 15.2. The van der Waals surface area contributed by atoms with Gasteiger partial charge in [0, 0.05) is 75.9 Å². The number of rotatable bonds is 26. The van der Waals surface area contributed by atoms with Crippen LogP contribution in [0.15, 0.2) is 54.1 Å². The molecular weight excluding hydrogens is 1340 g/mol. The number of anilines is 1. The Morgan fingerprint density at radius 2 is 1.67 bits per heavy atom. The molecule has 0 spiro atoms. The van der Waals surface area contributed by atoms with Gasteiger partial charge in [-0.05, 0) is 114 Å². The molecule has 2 aromatic carbocycles. The summed E-state index contributed by atoms with van der Waals surface area (Å²) < 4.78 is 74.9. The number of methoxy groups -OCH3 is 1. The molecule has 11 atom stereocenters. The van der Waals surface area contributed by atoms with Crippen molar-refractivity contribution < 1.29 is 85.1 Å². The number of allylic oxidation sites excluding steroid dienone is 3. The SMILES string of the molecule is CO[C@@H]1/C=C/C=C(\C)Cc2cc(C)c(Cl)c(c2)N(C)C(=O)C[C@H](OC(=O)[C@H](C)N(C)C(=O)c2ccc(CC(=O)[C@H](CCCNC(N)=O)NC(=O)[C@@H](CC(=O)CCCCC(C)OC(=O)C(CBr)CBr)C(C)C)cc2C(F)(F)F)[C@]2(C)O[C@H]2[C@H](C)[C@@H]2C[C@@]1(O)CC(=O)O2. The van der Waals surface area contributed by atoms with E-state index in [1.54, 1.807) is 59.8 Å². The van der Waals surface area contributed by atoms with Gasteiger partial charge >= 0.3 is 30.1 Å². The molecule has 5 N–H and O–H groups in total. The molecule has 5 rings (SSSR count). The molecule has 3 heterocycles. The minimum Gasteiger partial charge on any atom is -0.462 e. The number of nitrogens with zero attached hydrogens (tertiary/aromatic N) is 2. The van der Waals surface area contributed by atoms with Gasteiger partial charge in [-0.3, -0.25) is 33.6 Å². The number of nitrogens with two attached hydrogens (primary N) is 1. The van der Waals surface area contributed by atoms with E-state index in [0.29, 0.717) is 53.7 Å². The number of aliphatic hydroxyl groups is 1. The van der Waals surface area contributed by atoms with Crippen molar-refractivity contribution in [3.8, 4) is 0 Å². The number of benzene rings is 2. The summed E-state index contributed by atoms with van der Waals surface area (Å²) >= 11 is 13.4. The van der Waals surface area contributed by atoms with Crippen molar-refractivity contribution in [1.82, 2.24) is 15.5 Å². The molecular formula is C65H87Br2ClF3N5O15. The van der Waals surface area contributed by atoms with Gasteiger partial charge < -0.3 is 55.0 Å². The molecule has 5 amide bonds. The first-order valence-electron chi connectivity index (χ1n) is 30.5. The van der Waals surface area contributed by atoms with Crippen LogP contribution < -0.4 is 21.3 Å². The number of fused-ring (bicyclic) bond motifs is 5. The minimum absolute atomic E-state index is 0.00857. The number of alkyl halides is 5. The average Bonchev–Trinajstić information content (AvgIpc) is 1.59. The maximum atomic E-state index is 15.2. The Kier molecular flexibility index (Phi) is 27.9. The van der Waals surface area contributed by atoms with Gasteiger partial charge in [0.15, 0.2) is 5.78 Å². The maximum Gasteiger partial charge on any atom is 0.417 e. The van der Waals surface area contributed by atoms with Crippen LogP contribution in [0.5, 0.6) is 0 Å². The van der Waals surface area contributed by atoms with Crippen molar-refractivity contribution in [2.45, 2.75) is 192 Å².